The highest BCUT2D eigenvalue weighted by Crippen LogP contribution is 2.44. The van der Waals surface area contributed by atoms with Crippen molar-refractivity contribution in [3.63, 3.8) is 0 Å². The van der Waals surface area contributed by atoms with Crippen LogP contribution in [-0.2, 0) is 12.3 Å². The molecular formula is C10H12F5N3S. The van der Waals surface area contributed by atoms with Crippen LogP contribution in [0, 0.1) is 0 Å². The van der Waals surface area contributed by atoms with Gasteiger partial charge in [0.2, 0.25) is 0 Å². The van der Waals surface area contributed by atoms with Crippen molar-refractivity contribution in [2.75, 3.05) is 6.54 Å². The zero-order valence-corrected chi connectivity index (χ0v) is 10.6. The molecule has 0 unspecified atom stereocenters. The Bertz CT molecular complexity index is 427. The summed E-state index contributed by atoms with van der Waals surface area (Å²) in [5.41, 5.74) is 0. The Labute approximate surface area is 110 Å². The van der Waals surface area contributed by atoms with Crippen molar-refractivity contribution >= 4 is 11.3 Å². The van der Waals surface area contributed by atoms with E-state index in [2.05, 4.69) is 15.5 Å². The number of hydrogen-bond acceptors (Lipinski definition) is 4. The Morgan fingerprint density at radius 3 is 2.42 bits per heavy atom. The fourth-order valence-electron chi connectivity index (χ4n) is 1.44. The van der Waals surface area contributed by atoms with E-state index in [1.165, 1.54) is 0 Å². The Hall–Kier alpha value is -0.830. The highest BCUT2D eigenvalue weighted by molar-refractivity contribution is 7.11. The molecule has 0 spiro atoms. The predicted octanol–water partition coefficient (Wildman–Crippen LogP) is 2.88. The van der Waals surface area contributed by atoms with Crippen molar-refractivity contribution in [3.8, 4) is 0 Å². The lowest BCUT2D eigenvalue weighted by Gasteiger charge is -2.15. The van der Waals surface area contributed by atoms with E-state index in [4.69, 9.17) is 0 Å². The molecular weight excluding hydrogens is 289 g/mol. The van der Waals surface area contributed by atoms with Crippen molar-refractivity contribution < 1.29 is 22.0 Å². The zero-order chi connectivity index (χ0) is 14.1. The molecule has 1 aromatic heterocycles. The standard InChI is InChI=1S/C10H12F5N3S/c11-9(12,10(13,14)15)8-18-17-7(19-8)2-1-5-16-6-3-4-6/h6,16H,1-5H2. The van der Waals surface area contributed by atoms with E-state index in [1.54, 1.807) is 0 Å². The lowest BCUT2D eigenvalue weighted by molar-refractivity contribution is -0.289. The van der Waals surface area contributed by atoms with Gasteiger partial charge in [0.25, 0.3) is 0 Å². The SMILES string of the molecule is FC(F)(F)C(F)(F)c1nnc(CCCNC2CC2)s1. The van der Waals surface area contributed by atoms with Gasteiger partial charge in [0.1, 0.15) is 5.01 Å². The number of halogens is 5. The Morgan fingerprint density at radius 1 is 1.16 bits per heavy atom. The molecule has 3 nitrogen and oxygen atoms in total. The van der Waals surface area contributed by atoms with Crippen LogP contribution in [0.15, 0.2) is 0 Å². The molecule has 9 heteroatoms. The van der Waals surface area contributed by atoms with Crippen LogP contribution >= 0.6 is 11.3 Å². The normalized spacial score (nSPS) is 16.9. The fraction of sp³-hybridized carbons (Fsp3) is 0.800. The third-order valence-electron chi connectivity index (χ3n) is 2.67. The second-order valence-electron chi connectivity index (χ2n) is 4.41. The lowest BCUT2D eigenvalue weighted by atomic mass is 10.3. The molecule has 1 N–H and O–H groups in total. The summed E-state index contributed by atoms with van der Waals surface area (Å²) in [4.78, 5) is 0. The molecule has 0 aliphatic heterocycles. The van der Waals surface area contributed by atoms with Crippen LogP contribution in [-0.4, -0.2) is 29.0 Å². The van der Waals surface area contributed by atoms with E-state index in [-0.39, 0.29) is 5.01 Å². The van der Waals surface area contributed by atoms with Crippen molar-refractivity contribution in [2.45, 2.75) is 43.8 Å². The van der Waals surface area contributed by atoms with Crippen LogP contribution in [0.2, 0.25) is 0 Å². The Balaban J connectivity index is 1.87. The second kappa shape index (κ2) is 5.28. The first-order chi connectivity index (χ1) is 8.80. The fourth-order valence-corrected chi connectivity index (χ4v) is 2.31. The van der Waals surface area contributed by atoms with Gasteiger partial charge in [0, 0.05) is 12.5 Å². The maximum Gasteiger partial charge on any atom is 0.460 e. The van der Waals surface area contributed by atoms with Gasteiger partial charge >= 0.3 is 12.1 Å². The molecule has 1 heterocycles. The first kappa shape index (κ1) is 14.6. The Kier molecular flexibility index (Phi) is 4.05. The van der Waals surface area contributed by atoms with E-state index >= 15 is 0 Å². The molecule has 0 saturated heterocycles. The number of aromatic nitrogens is 2. The molecule has 0 aromatic carbocycles. The molecule has 1 aliphatic carbocycles. The molecule has 19 heavy (non-hydrogen) atoms. The summed E-state index contributed by atoms with van der Waals surface area (Å²) in [6, 6.07) is 0.541. The average molecular weight is 301 g/mol. The molecule has 1 fully saturated rings. The molecule has 0 radical (unpaired) electrons. The summed E-state index contributed by atoms with van der Waals surface area (Å²) in [5, 5.41) is 8.48. The number of aryl methyl sites for hydroxylation is 1. The maximum atomic E-state index is 12.9. The number of hydrogen-bond donors (Lipinski definition) is 1. The van der Waals surface area contributed by atoms with Gasteiger partial charge in [-0.25, -0.2) is 0 Å². The minimum atomic E-state index is -5.63. The second-order valence-corrected chi connectivity index (χ2v) is 5.47. The van der Waals surface area contributed by atoms with Crippen molar-refractivity contribution in [2.24, 2.45) is 0 Å². The van der Waals surface area contributed by atoms with Crippen LogP contribution in [0.5, 0.6) is 0 Å². The lowest BCUT2D eigenvalue weighted by Crippen LogP contribution is -2.33. The number of nitrogens with one attached hydrogen (secondary N) is 1. The molecule has 0 amide bonds. The first-order valence-electron chi connectivity index (χ1n) is 5.81. The quantitative estimate of drug-likeness (QED) is 0.648. The third kappa shape index (κ3) is 3.59. The third-order valence-corrected chi connectivity index (χ3v) is 3.72. The smallest absolute Gasteiger partial charge is 0.314 e. The van der Waals surface area contributed by atoms with Gasteiger partial charge in [-0.2, -0.15) is 22.0 Å². The summed E-state index contributed by atoms with van der Waals surface area (Å²) in [6.07, 6.45) is -2.35. The molecule has 2 rings (SSSR count). The molecule has 108 valence electrons. The van der Waals surface area contributed by atoms with Gasteiger partial charge in [-0.15, -0.1) is 10.2 Å². The van der Waals surface area contributed by atoms with E-state index in [9.17, 15) is 22.0 Å². The van der Waals surface area contributed by atoms with E-state index in [0.717, 1.165) is 12.8 Å². The Morgan fingerprint density at radius 2 is 1.84 bits per heavy atom. The van der Waals surface area contributed by atoms with E-state index in [1.807, 2.05) is 0 Å². The van der Waals surface area contributed by atoms with Crippen LogP contribution in [0.4, 0.5) is 22.0 Å². The first-order valence-corrected chi connectivity index (χ1v) is 6.63. The summed E-state index contributed by atoms with van der Waals surface area (Å²) < 4.78 is 62.2. The van der Waals surface area contributed by atoms with Crippen molar-refractivity contribution in [3.05, 3.63) is 10.0 Å². The topological polar surface area (TPSA) is 37.8 Å². The number of nitrogens with zero attached hydrogens (tertiary/aromatic N) is 2. The van der Waals surface area contributed by atoms with Crippen LogP contribution in [0.3, 0.4) is 0 Å². The zero-order valence-electron chi connectivity index (χ0n) is 9.81. The average Bonchev–Trinajstić information content (AvgIpc) is 2.99. The van der Waals surface area contributed by atoms with Gasteiger partial charge < -0.3 is 5.32 Å². The summed E-state index contributed by atoms with van der Waals surface area (Å²) in [7, 11) is 0. The predicted molar refractivity (Wildman–Crippen MR) is 59.2 cm³/mol. The molecule has 0 atom stereocenters. The van der Waals surface area contributed by atoms with Gasteiger partial charge in [0.15, 0.2) is 5.01 Å². The minimum Gasteiger partial charge on any atom is -0.314 e. The van der Waals surface area contributed by atoms with Gasteiger partial charge in [-0.3, -0.25) is 0 Å². The monoisotopic (exact) mass is 301 g/mol. The summed E-state index contributed by atoms with van der Waals surface area (Å²) in [5.74, 6) is -4.92. The molecule has 1 saturated carbocycles. The van der Waals surface area contributed by atoms with Gasteiger partial charge in [0.05, 0.1) is 0 Å². The van der Waals surface area contributed by atoms with Crippen LogP contribution < -0.4 is 5.32 Å². The van der Waals surface area contributed by atoms with E-state index < -0.39 is 17.1 Å². The van der Waals surface area contributed by atoms with Gasteiger partial charge in [-0.1, -0.05) is 11.3 Å². The van der Waals surface area contributed by atoms with Crippen molar-refractivity contribution in [1.82, 2.24) is 15.5 Å². The van der Waals surface area contributed by atoms with Gasteiger partial charge in [-0.05, 0) is 25.8 Å². The number of rotatable bonds is 6. The summed E-state index contributed by atoms with van der Waals surface area (Å²) in [6.45, 7) is 0.704. The minimum absolute atomic E-state index is 0.205. The molecule has 0 bridgehead atoms. The maximum absolute atomic E-state index is 12.9. The summed E-state index contributed by atoms with van der Waals surface area (Å²) >= 11 is 0.321. The highest BCUT2D eigenvalue weighted by atomic mass is 32.1. The van der Waals surface area contributed by atoms with Crippen LogP contribution in [0.25, 0.3) is 0 Å². The van der Waals surface area contributed by atoms with E-state index in [0.29, 0.717) is 36.8 Å². The van der Waals surface area contributed by atoms with Crippen molar-refractivity contribution in [1.29, 1.82) is 0 Å². The number of alkyl halides is 5. The molecule has 1 aliphatic rings. The highest BCUT2D eigenvalue weighted by Gasteiger charge is 2.61. The largest absolute Gasteiger partial charge is 0.460 e. The van der Waals surface area contributed by atoms with Crippen LogP contribution in [0.1, 0.15) is 29.3 Å². The molecule has 1 aromatic rings.